The Kier molecular flexibility index (Phi) is 5.55. The summed E-state index contributed by atoms with van der Waals surface area (Å²) in [4.78, 5) is 11.5. The Labute approximate surface area is 114 Å². The molecular formula is C12H16BrFN2O2. The summed E-state index contributed by atoms with van der Waals surface area (Å²) in [7, 11) is 0. The molecule has 6 heteroatoms. The van der Waals surface area contributed by atoms with E-state index in [0.29, 0.717) is 16.6 Å². The highest BCUT2D eigenvalue weighted by molar-refractivity contribution is 9.10. The first-order chi connectivity index (χ1) is 8.45. The van der Waals surface area contributed by atoms with Crippen LogP contribution in [0.2, 0.25) is 0 Å². The van der Waals surface area contributed by atoms with E-state index in [-0.39, 0.29) is 18.2 Å². The van der Waals surface area contributed by atoms with Gasteiger partial charge < -0.3 is 15.7 Å². The third-order valence-corrected chi connectivity index (χ3v) is 3.35. The van der Waals surface area contributed by atoms with Crippen LogP contribution in [0, 0.1) is 18.7 Å². The molecule has 1 aromatic rings. The van der Waals surface area contributed by atoms with E-state index in [0.717, 1.165) is 0 Å². The highest BCUT2D eigenvalue weighted by atomic mass is 79.9. The van der Waals surface area contributed by atoms with Crippen LogP contribution in [0.25, 0.3) is 0 Å². The molecule has 1 rings (SSSR count). The first kappa shape index (κ1) is 14.9. The number of carbonyl (C=O) groups excluding carboxylic acids is 1. The van der Waals surface area contributed by atoms with Gasteiger partial charge in [0, 0.05) is 23.2 Å². The largest absolute Gasteiger partial charge is 0.396 e. The number of carbonyl (C=O) groups is 1. The van der Waals surface area contributed by atoms with Gasteiger partial charge >= 0.3 is 6.03 Å². The molecule has 0 radical (unpaired) electrons. The number of benzene rings is 1. The molecule has 3 N–H and O–H groups in total. The van der Waals surface area contributed by atoms with E-state index < -0.39 is 11.8 Å². The van der Waals surface area contributed by atoms with Gasteiger partial charge in [-0.25, -0.2) is 9.18 Å². The highest BCUT2D eigenvalue weighted by Crippen LogP contribution is 2.24. The first-order valence-electron chi connectivity index (χ1n) is 5.56. The number of hydrogen-bond acceptors (Lipinski definition) is 2. The molecule has 4 nitrogen and oxygen atoms in total. The Morgan fingerprint density at radius 1 is 1.56 bits per heavy atom. The summed E-state index contributed by atoms with van der Waals surface area (Å²) < 4.78 is 14.4. The first-order valence-corrected chi connectivity index (χ1v) is 6.35. The average Bonchev–Trinajstić information content (AvgIpc) is 2.36. The Morgan fingerprint density at radius 2 is 2.22 bits per heavy atom. The van der Waals surface area contributed by atoms with Crippen molar-refractivity contribution >= 4 is 27.6 Å². The van der Waals surface area contributed by atoms with Gasteiger partial charge in [-0.3, -0.25) is 0 Å². The number of rotatable bonds is 4. The summed E-state index contributed by atoms with van der Waals surface area (Å²) in [5, 5.41) is 13.8. The van der Waals surface area contributed by atoms with Crippen LogP contribution in [0.5, 0.6) is 0 Å². The number of halogens is 2. The molecule has 0 aliphatic heterocycles. The normalized spacial score (nSPS) is 12.1. The van der Waals surface area contributed by atoms with E-state index in [1.165, 1.54) is 6.07 Å². The molecule has 1 atom stereocenters. The molecule has 0 spiro atoms. The summed E-state index contributed by atoms with van der Waals surface area (Å²) >= 11 is 3.21. The van der Waals surface area contributed by atoms with Crippen LogP contribution in [0.1, 0.15) is 12.5 Å². The summed E-state index contributed by atoms with van der Waals surface area (Å²) in [5.74, 6) is -0.498. The molecule has 0 bridgehead atoms. The fourth-order valence-electron chi connectivity index (χ4n) is 1.26. The monoisotopic (exact) mass is 318 g/mol. The molecule has 18 heavy (non-hydrogen) atoms. The predicted molar refractivity (Wildman–Crippen MR) is 72.1 cm³/mol. The number of aliphatic hydroxyl groups excluding tert-OH is 1. The summed E-state index contributed by atoms with van der Waals surface area (Å²) in [6.45, 7) is 3.74. The average molecular weight is 319 g/mol. The fourth-order valence-corrected chi connectivity index (χ4v) is 1.56. The minimum atomic E-state index is -0.490. The lowest BCUT2D eigenvalue weighted by Gasteiger charge is -2.12. The lowest BCUT2D eigenvalue weighted by molar-refractivity contribution is 0.227. The maximum atomic E-state index is 13.8. The molecular weight excluding hydrogens is 303 g/mol. The molecule has 2 amide bonds. The van der Waals surface area contributed by atoms with Gasteiger partial charge in [-0.1, -0.05) is 22.9 Å². The molecule has 0 aliphatic rings. The number of urea groups is 1. The second-order valence-corrected chi connectivity index (χ2v) is 5.01. The van der Waals surface area contributed by atoms with Crippen LogP contribution >= 0.6 is 15.9 Å². The van der Waals surface area contributed by atoms with Gasteiger partial charge in [-0.2, -0.15) is 0 Å². The zero-order valence-corrected chi connectivity index (χ0v) is 11.8. The van der Waals surface area contributed by atoms with E-state index in [1.54, 1.807) is 19.9 Å². The third kappa shape index (κ3) is 3.96. The zero-order valence-electron chi connectivity index (χ0n) is 10.3. The van der Waals surface area contributed by atoms with Crippen LogP contribution in [-0.4, -0.2) is 24.3 Å². The van der Waals surface area contributed by atoms with E-state index >= 15 is 0 Å². The number of aliphatic hydroxyl groups is 1. The maximum absolute atomic E-state index is 13.8. The molecule has 0 heterocycles. The topological polar surface area (TPSA) is 61.4 Å². The van der Waals surface area contributed by atoms with Gasteiger partial charge in [0.1, 0.15) is 0 Å². The highest BCUT2D eigenvalue weighted by Gasteiger charge is 2.11. The SMILES string of the molecule is Cc1c(Br)ccc(NC(=O)NC[C@H](C)CO)c1F. The fraction of sp³-hybridized carbons (Fsp3) is 0.417. The summed E-state index contributed by atoms with van der Waals surface area (Å²) in [5.41, 5.74) is 0.571. The minimum absolute atomic E-state index is 0.00790. The van der Waals surface area contributed by atoms with Crippen molar-refractivity contribution in [1.82, 2.24) is 5.32 Å². The van der Waals surface area contributed by atoms with Gasteiger partial charge in [0.05, 0.1) is 5.69 Å². The van der Waals surface area contributed by atoms with Crippen molar-refractivity contribution in [2.24, 2.45) is 5.92 Å². The Balaban J connectivity index is 2.63. The smallest absolute Gasteiger partial charge is 0.319 e. The van der Waals surface area contributed by atoms with Crippen molar-refractivity contribution in [3.8, 4) is 0 Å². The van der Waals surface area contributed by atoms with Crippen LogP contribution in [0.15, 0.2) is 16.6 Å². The van der Waals surface area contributed by atoms with E-state index in [1.807, 2.05) is 0 Å². The van der Waals surface area contributed by atoms with Gasteiger partial charge in [0.15, 0.2) is 5.82 Å². The van der Waals surface area contributed by atoms with Gasteiger partial charge in [0.2, 0.25) is 0 Å². The molecule has 100 valence electrons. The Morgan fingerprint density at radius 3 is 2.83 bits per heavy atom. The van der Waals surface area contributed by atoms with Crippen molar-refractivity contribution < 1.29 is 14.3 Å². The second-order valence-electron chi connectivity index (χ2n) is 4.16. The number of amides is 2. The van der Waals surface area contributed by atoms with Crippen LogP contribution in [0.3, 0.4) is 0 Å². The third-order valence-electron chi connectivity index (χ3n) is 2.49. The van der Waals surface area contributed by atoms with E-state index in [9.17, 15) is 9.18 Å². The van der Waals surface area contributed by atoms with Crippen LogP contribution in [-0.2, 0) is 0 Å². The Hall–Kier alpha value is -1.14. The number of hydrogen-bond donors (Lipinski definition) is 3. The Bertz CT molecular complexity index is 440. The molecule has 0 unspecified atom stereocenters. The van der Waals surface area contributed by atoms with Gasteiger partial charge in [-0.05, 0) is 25.0 Å². The molecule has 0 saturated carbocycles. The van der Waals surface area contributed by atoms with Crippen molar-refractivity contribution in [1.29, 1.82) is 0 Å². The van der Waals surface area contributed by atoms with Crippen molar-refractivity contribution in [3.05, 3.63) is 28.0 Å². The van der Waals surface area contributed by atoms with Crippen molar-refractivity contribution in [3.63, 3.8) is 0 Å². The minimum Gasteiger partial charge on any atom is -0.396 e. The van der Waals surface area contributed by atoms with Gasteiger partial charge in [-0.15, -0.1) is 0 Å². The quantitative estimate of drug-likeness (QED) is 0.799. The molecule has 1 aromatic carbocycles. The second kappa shape index (κ2) is 6.70. The summed E-state index contributed by atoms with van der Waals surface area (Å²) in [6, 6.07) is 2.67. The predicted octanol–water partition coefficient (Wildman–Crippen LogP) is 2.65. The standard InChI is InChI=1S/C12H16BrFN2O2/c1-7(6-17)5-15-12(18)16-10-4-3-9(13)8(2)11(10)14/h3-4,7,17H,5-6H2,1-2H3,(H2,15,16,18)/t7-/m0/s1. The summed E-state index contributed by atoms with van der Waals surface area (Å²) in [6.07, 6.45) is 0. The molecule has 0 aromatic heterocycles. The van der Waals surface area contributed by atoms with Crippen LogP contribution < -0.4 is 10.6 Å². The van der Waals surface area contributed by atoms with E-state index in [4.69, 9.17) is 5.11 Å². The lowest BCUT2D eigenvalue weighted by atomic mass is 10.2. The zero-order chi connectivity index (χ0) is 13.7. The van der Waals surface area contributed by atoms with Crippen molar-refractivity contribution in [2.45, 2.75) is 13.8 Å². The molecule has 0 aliphatic carbocycles. The van der Waals surface area contributed by atoms with Crippen LogP contribution in [0.4, 0.5) is 14.9 Å². The number of anilines is 1. The van der Waals surface area contributed by atoms with E-state index in [2.05, 4.69) is 26.6 Å². The maximum Gasteiger partial charge on any atom is 0.319 e. The van der Waals surface area contributed by atoms with Gasteiger partial charge in [0.25, 0.3) is 0 Å². The van der Waals surface area contributed by atoms with Crippen molar-refractivity contribution in [2.75, 3.05) is 18.5 Å². The number of nitrogens with one attached hydrogen (secondary N) is 2. The molecule has 0 fully saturated rings. The lowest BCUT2D eigenvalue weighted by Crippen LogP contribution is -2.33. The molecule has 0 saturated heterocycles.